The minimum absolute atomic E-state index is 0.104. The molecule has 0 spiro atoms. The Kier molecular flexibility index (Phi) is 7.21. The molecule has 3 unspecified atom stereocenters. The van der Waals surface area contributed by atoms with Crippen molar-refractivity contribution in [3.63, 3.8) is 0 Å². The lowest BCUT2D eigenvalue weighted by Crippen LogP contribution is -2.39. The van der Waals surface area contributed by atoms with E-state index in [1.54, 1.807) is 0 Å². The van der Waals surface area contributed by atoms with Gasteiger partial charge in [-0.25, -0.2) is 13.8 Å². The second-order valence-corrected chi connectivity index (χ2v) is 11.0. The predicted molar refractivity (Wildman–Crippen MR) is 150 cm³/mol. The lowest BCUT2D eigenvalue weighted by atomic mass is 9.99. The van der Waals surface area contributed by atoms with E-state index in [1.165, 1.54) is 25.0 Å². The summed E-state index contributed by atoms with van der Waals surface area (Å²) >= 11 is 0. The minimum Gasteiger partial charge on any atom is -0.367 e. The highest BCUT2D eigenvalue weighted by Gasteiger charge is 2.34. The Balaban J connectivity index is 1.22. The van der Waals surface area contributed by atoms with Crippen LogP contribution in [-0.2, 0) is 4.79 Å². The van der Waals surface area contributed by atoms with Crippen molar-refractivity contribution in [1.82, 2.24) is 14.8 Å². The summed E-state index contributed by atoms with van der Waals surface area (Å²) in [4.78, 5) is 23.3. The maximum absolute atomic E-state index is 14.6. The summed E-state index contributed by atoms with van der Waals surface area (Å²) < 4.78 is 28.5. The molecule has 3 atom stereocenters. The Morgan fingerprint density at radius 1 is 1.03 bits per heavy atom. The van der Waals surface area contributed by atoms with Crippen molar-refractivity contribution < 1.29 is 13.6 Å². The number of pyridine rings is 1. The molecule has 4 heterocycles. The lowest BCUT2D eigenvalue weighted by Gasteiger charge is -2.36. The molecule has 204 valence electrons. The molecule has 2 saturated heterocycles. The van der Waals surface area contributed by atoms with Crippen LogP contribution in [-0.4, -0.2) is 60.0 Å². The van der Waals surface area contributed by atoms with Crippen LogP contribution in [0.1, 0.15) is 55.8 Å². The summed E-state index contributed by atoms with van der Waals surface area (Å²) in [7, 11) is 0. The molecule has 2 fully saturated rings. The van der Waals surface area contributed by atoms with Gasteiger partial charge in [-0.3, -0.25) is 4.79 Å². The number of nitrogens with zero attached hydrogens (tertiary/aromatic N) is 4. The largest absolute Gasteiger partial charge is 0.367 e. The molecule has 1 aromatic heterocycles. The van der Waals surface area contributed by atoms with Gasteiger partial charge in [0, 0.05) is 43.0 Å². The first-order valence-electron chi connectivity index (χ1n) is 14.0. The standard InChI is InChI=1S/C31H35F2N5O/c1-21(27-17-25(32)8-10-28(27)33)37-15-12-34-31-30(37)16-24(18-35-31)22-4-6-23(7-5-22)29-11-9-26(38(29)20-39)19-36-13-2-3-14-36/h4-8,10,16-18,20-21,26,29H,2-3,9,11-15,19H2,1H3,(H,34,35). The van der Waals surface area contributed by atoms with Crippen LogP contribution in [0.2, 0.25) is 0 Å². The van der Waals surface area contributed by atoms with Crippen LogP contribution < -0.4 is 10.2 Å². The zero-order chi connectivity index (χ0) is 26.9. The van der Waals surface area contributed by atoms with Gasteiger partial charge >= 0.3 is 0 Å². The van der Waals surface area contributed by atoms with Crippen molar-refractivity contribution in [2.75, 3.05) is 42.9 Å². The fourth-order valence-electron chi connectivity index (χ4n) is 6.53. The van der Waals surface area contributed by atoms with Gasteiger partial charge in [-0.2, -0.15) is 0 Å². The third kappa shape index (κ3) is 5.10. The number of hydrogen-bond donors (Lipinski definition) is 1. The molecule has 1 amide bonds. The number of nitrogens with one attached hydrogen (secondary N) is 1. The van der Waals surface area contributed by atoms with E-state index < -0.39 is 11.6 Å². The van der Waals surface area contributed by atoms with Gasteiger partial charge in [0.05, 0.1) is 17.8 Å². The summed E-state index contributed by atoms with van der Waals surface area (Å²) in [5, 5.41) is 3.33. The van der Waals surface area contributed by atoms with Crippen molar-refractivity contribution in [2.24, 2.45) is 0 Å². The Bertz CT molecular complexity index is 1330. The number of carbonyl (C=O) groups is 1. The molecule has 2 aromatic carbocycles. The molecule has 8 heteroatoms. The second-order valence-electron chi connectivity index (χ2n) is 11.0. The van der Waals surface area contributed by atoms with Crippen LogP contribution >= 0.6 is 0 Å². The maximum atomic E-state index is 14.6. The molecular formula is C31H35F2N5O. The number of likely N-dealkylation sites (tertiary alicyclic amines) is 2. The fraction of sp³-hybridized carbons (Fsp3) is 0.419. The van der Waals surface area contributed by atoms with Crippen molar-refractivity contribution in [1.29, 1.82) is 0 Å². The number of aromatic nitrogens is 1. The third-order valence-electron chi connectivity index (χ3n) is 8.67. The Labute approximate surface area is 228 Å². The number of amides is 1. The molecule has 3 aliphatic heterocycles. The Morgan fingerprint density at radius 2 is 1.82 bits per heavy atom. The Hall–Kier alpha value is -3.52. The van der Waals surface area contributed by atoms with Crippen LogP contribution in [0.3, 0.4) is 0 Å². The van der Waals surface area contributed by atoms with E-state index in [-0.39, 0.29) is 18.1 Å². The molecular weight excluding hydrogens is 496 g/mol. The molecule has 6 nitrogen and oxygen atoms in total. The number of halogens is 2. The average molecular weight is 532 g/mol. The van der Waals surface area contributed by atoms with E-state index in [1.807, 2.05) is 18.0 Å². The van der Waals surface area contributed by atoms with Gasteiger partial charge in [0.1, 0.15) is 17.5 Å². The van der Waals surface area contributed by atoms with E-state index in [0.29, 0.717) is 18.7 Å². The molecule has 3 aliphatic rings. The first-order valence-corrected chi connectivity index (χ1v) is 14.0. The smallest absolute Gasteiger partial charge is 0.210 e. The zero-order valence-electron chi connectivity index (χ0n) is 22.3. The summed E-state index contributed by atoms with van der Waals surface area (Å²) in [6.07, 6.45) is 7.39. The van der Waals surface area contributed by atoms with Crippen LogP contribution in [0, 0.1) is 11.6 Å². The molecule has 39 heavy (non-hydrogen) atoms. The van der Waals surface area contributed by atoms with E-state index in [4.69, 9.17) is 0 Å². The van der Waals surface area contributed by atoms with Gasteiger partial charge in [-0.05, 0) is 81.1 Å². The van der Waals surface area contributed by atoms with Gasteiger partial charge in [0.25, 0.3) is 0 Å². The number of fused-ring (bicyclic) bond motifs is 1. The monoisotopic (exact) mass is 531 g/mol. The second kappa shape index (κ2) is 10.9. The number of hydrogen-bond acceptors (Lipinski definition) is 5. The maximum Gasteiger partial charge on any atom is 0.210 e. The number of rotatable bonds is 7. The van der Waals surface area contributed by atoms with E-state index in [9.17, 15) is 13.6 Å². The molecule has 1 N–H and O–H groups in total. The van der Waals surface area contributed by atoms with Gasteiger partial charge in [0.15, 0.2) is 0 Å². The average Bonchev–Trinajstić information content (AvgIpc) is 3.63. The van der Waals surface area contributed by atoms with Gasteiger partial charge in [-0.1, -0.05) is 24.3 Å². The number of carbonyl (C=O) groups excluding carboxylic acids is 1. The lowest BCUT2D eigenvalue weighted by molar-refractivity contribution is -0.121. The summed E-state index contributed by atoms with van der Waals surface area (Å²) in [6.45, 7) is 6.46. The summed E-state index contributed by atoms with van der Waals surface area (Å²) in [5.41, 5.74) is 4.32. The number of benzene rings is 2. The van der Waals surface area contributed by atoms with E-state index >= 15 is 0 Å². The van der Waals surface area contributed by atoms with Gasteiger partial charge in [0.2, 0.25) is 6.41 Å². The minimum atomic E-state index is -0.446. The molecule has 0 aliphatic carbocycles. The van der Waals surface area contributed by atoms with Crippen molar-refractivity contribution in [2.45, 2.75) is 50.7 Å². The summed E-state index contributed by atoms with van der Waals surface area (Å²) in [5.74, 6) is -0.122. The summed E-state index contributed by atoms with van der Waals surface area (Å²) in [6, 6.07) is 14.1. The topological polar surface area (TPSA) is 51.7 Å². The molecule has 3 aromatic rings. The molecule has 0 radical (unpaired) electrons. The molecule has 0 saturated carbocycles. The van der Waals surface area contributed by atoms with Crippen molar-refractivity contribution in [3.05, 3.63) is 77.5 Å². The highest BCUT2D eigenvalue weighted by Crippen LogP contribution is 2.39. The number of anilines is 2. The first kappa shape index (κ1) is 25.7. The van der Waals surface area contributed by atoms with Crippen LogP contribution in [0.5, 0.6) is 0 Å². The first-order chi connectivity index (χ1) is 19.0. The van der Waals surface area contributed by atoms with Crippen molar-refractivity contribution in [3.8, 4) is 11.1 Å². The highest BCUT2D eigenvalue weighted by atomic mass is 19.1. The highest BCUT2D eigenvalue weighted by molar-refractivity contribution is 5.76. The third-order valence-corrected chi connectivity index (χ3v) is 8.67. The van der Waals surface area contributed by atoms with Crippen LogP contribution in [0.4, 0.5) is 20.3 Å². The fourth-order valence-corrected chi connectivity index (χ4v) is 6.53. The predicted octanol–water partition coefficient (Wildman–Crippen LogP) is 5.78. The van der Waals surface area contributed by atoms with E-state index in [2.05, 4.69) is 50.4 Å². The SMILES string of the molecule is CC(c1cc(F)ccc1F)N1CCNc2ncc(-c3ccc(C4CCC(CN5CCCC5)N4C=O)cc3)cc21. The normalized spacial score (nSPS) is 22.0. The Morgan fingerprint density at radius 3 is 2.59 bits per heavy atom. The zero-order valence-corrected chi connectivity index (χ0v) is 22.3. The molecule has 0 bridgehead atoms. The van der Waals surface area contributed by atoms with E-state index in [0.717, 1.165) is 73.1 Å². The van der Waals surface area contributed by atoms with Crippen LogP contribution in [0.15, 0.2) is 54.7 Å². The quantitative estimate of drug-likeness (QED) is 0.392. The van der Waals surface area contributed by atoms with Gasteiger partial charge < -0.3 is 20.0 Å². The van der Waals surface area contributed by atoms with Gasteiger partial charge in [-0.15, -0.1) is 0 Å². The molecule has 6 rings (SSSR count). The van der Waals surface area contributed by atoms with Crippen LogP contribution in [0.25, 0.3) is 11.1 Å². The van der Waals surface area contributed by atoms with Crippen molar-refractivity contribution >= 4 is 17.9 Å².